The molecule has 1 rings (SSSR count). The van der Waals surface area contributed by atoms with Crippen molar-refractivity contribution in [1.82, 2.24) is 0 Å². The summed E-state index contributed by atoms with van der Waals surface area (Å²) in [5.74, 6) is 0. The van der Waals surface area contributed by atoms with Crippen molar-refractivity contribution >= 4 is 0 Å². The molecule has 0 amide bonds. The van der Waals surface area contributed by atoms with Gasteiger partial charge in [-0.15, -0.1) is 0 Å². The van der Waals surface area contributed by atoms with E-state index in [-0.39, 0.29) is 0 Å². The van der Waals surface area contributed by atoms with Crippen LogP contribution in [0.1, 0.15) is 6.92 Å². The molecular formula is C10H15Ni. The van der Waals surface area contributed by atoms with Gasteiger partial charge in [0.25, 0.3) is 0 Å². The first kappa shape index (κ1) is 8.81. The van der Waals surface area contributed by atoms with Crippen molar-refractivity contribution in [2.75, 3.05) is 0 Å². The van der Waals surface area contributed by atoms with E-state index in [0.29, 0.717) is 18.3 Å². The van der Waals surface area contributed by atoms with Gasteiger partial charge in [0.1, 0.15) is 0 Å². The van der Waals surface area contributed by atoms with Crippen LogP contribution in [0, 0.1) is 0 Å². The molecule has 0 aliphatic heterocycles. The topological polar surface area (TPSA) is 0 Å². The molecular weight excluding hydrogens is 179 g/mol. The molecule has 11 heavy (non-hydrogen) atoms. The molecule has 0 fully saturated rings. The molecule has 0 aromatic heterocycles. The van der Waals surface area contributed by atoms with Crippen molar-refractivity contribution < 1.29 is 13.4 Å². The van der Waals surface area contributed by atoms with Gasteiger partial charge in [0.05, 0.1) is 0 Å². The first-order valence-corrected chi connectivity index (χ1v) is 5.79. The molecule has 0 heterocycles. The van der Waals surface area contributed by atoms with Crippen molar-refractivity contribution in [3.8, 4) is 0 Å². The third-order valence-corrected chi connectivity index (χ3v) is 4.53. The van der Waals surface area contributed by atoms with E-state index in [1.54, 1.807) is 0 Å². The predicted octanol–water partition coefficient (Wildman–Crippen LogP) is 3.56. The van der Waals surface area contributed by atoms with Crippen molar-refractivity contribution in [3.05, 3.63) is 37.0 Å². The van der Waals surface area contributed by atoms with Crippen LogP contribution in [0.15, 0.2) is 37.0 Å². The summed E-state index contributed by atoms with van der Waals surface area (Å²) in [6.45, 7) is 6.04. The summed E-state index contributed by atoms with van der Waals surface area (Å²) in [7, 11) is 0. The third kappa shape index (κ3) is 2.34. The van der Waals surface area contributed by atoms with Crippen molar-refractivity contribution in [2.45, 2.75) is 22.6 Å². The molecule has 0 aromatic rings. The van der Waals surface area contributed by atoms with E-state index in [1.807, 2.05) is 6.08 Å². The van der Waals surface area contributed by atoms with Gasteiger partial charge in [-0.2, -0.15) is 0 Å². The molecule has 0 saturated carbocycles. The fourth-order valence-corrected chi connectivity index (χ4v) is 3.15. The monoisotopic (exact) mass is 193 g/mol. The van der Waals surface area contributed by atoms with E-state index < -0.39 is 0 Å². The Labute approximate surface area is 73.3 Å². The molecule has 0 saturated heterocycles. The normalized spacial score (nSPS) is 17.4. The quantitative estimate of drug-likeness (QED) is 0.474. The molecule has 0 spiro atoms. The standard InChI is InChI=1S/C5H5.C3H5.C2H5.Ni/c1-2-4-5-3-1;1-3-2;1-2;/h1-5H;3H,1-2H2;1H2,2H3;. The van der Waals surface area contributed by atoms with Crippen LogP contribution in [-0.4, -0.2) is 0 Å². The van der Waals surface area contributed by atoms with Gasteiger partial charge in [-0.3, -0.25) is 0 Å². The van der Waals surface area contributed by atoms with E-state index in [4.69, 9.17) is 0 Å². The number of hydrogen-bond donors (Lipinski definition) is 0. The molecule has 0 aromatic carbocycles. The Morgan fingerprint density at radius 1 is 1.45 bits per heavy atom. The van der Waals surface area contributed by atoms with Gasteiger partial charge < -0.3 is 0 Å². The Morgan fingerprint density at radius 2 is 2.09 bits per heavy atom. The summed E-state index contributed by atoms with van der Waals surface area (Å²) < 4.78 is 0. The molecule has 0 nitrogen and oxygen atoms in total. The molecule has 0 unspecified atom stereocenters. The molecule has 1 aliphatic rings. The minimum absolute atomic E-state index is 0.369. The Balaban J connectivity index is 2.47. The molecule has 0 atom stereocenters. The second-order valence-electron chi connectivity index (χ2n) is 2.23. The fourth-order valence-electron chi connectivity index (χ4n) is 1.01. The number of hydrogen-bond acceptors (Lipinski definition) is 0. The summed E-state index contributed by atoms with van der Waals surface area (Å²) in [6.07, 6.45) is 10.9. The second kappa shape index (κ2) is 4.56. The van der Waals surface area contributed by atoms with Crippen LogP contribution in [0.2, 0.25) is 15.7 Å². The van der Waals surface area contributed by atoms with Gasteiger partial charge in [0.15, 0.2) is 0 Å². The first-order chi connectivity index (χ1) is 5.38. The van der Waals surface area contributed by atoms with Crippen LogP contribution >= 0.6 is 0 Å². The number of rotatable bonds is 4. The van der Waals surface area contributed by atoms with Crippen molar-refractivity contribution in [3.63, 3.8) is 0 Å². The van der Waals surface area contributed by atoms with E-state index in [1.165, 1.54) is 10.8 Å². The zero-order valence-corrected chi connectivity index (χ0v) is 7.89. The molecule has 1 heteroatoms. The van der Waals surface area contributed by atoms with Gasteiger partial charge in [-0.05, 0) is 0 Å². The van der Waals surface area contributed by atoms with Gasteiger partial charge in [0, 0.05) is 0 Å². The third-order valence-electron chi connectivity index (χ3n) is 1.52. The van der Waals surface area contributed by atoms with Crippen molar-refractivity contribution in [1.29, 1.82) is 0 Å². The Morgan fingerprint density at radius 3 is 2.55 bits per heavy atom. The van der Waals surface area contributed by atoms with Crippen LogP contribution in [0.25, 0.3) is 0 Å². The maximum absolute atomic E-state index is 3.78. The minimum atomic E-state index is 0.369. The molecule has 1 aliphatic carbocycles. The zero-order valence-electron chi connectivity index (χ0n) is 6.90. The summed E-state index contributed by atoms with van der Waals surface area (Å²) >= 11 is 0.369. The van der Waals surface area contributed by atoms with Crippen LogP contribution in [-0.2, 0) is 13.4 Å². The fraction of sp³-hybridized carbons (Fsp3) is 0.400. The van der Waals surface area contributed by atoms with Crippen LogP contribution < -0.4 is 0 Å². The van der Waals surface area contributed by atoms with E-state index >= 15 is 0 Å². The number of allylic oxidation sites excluding steroid dienone is 5. The van der Waals surface area contributed by atoms with E-state index in [0.717, 1.165) is 0 Å². The van der Waals surface area contributed by atoms with E-state index in [9.17, 15) is 0 Å². The zero-order chi connectivity index (χ0) is 8.10. The predicted molar refractivity (Wildman–Crippen MR) is 47.5 cm³/mol. The second-order valence-corrected chi connectivity index (χ2v) is 5.29. The van der Waals surface area contributed by atoms with Crippen LogP contribution in [0.4, 0.5) is 0 Å². The first-order valence-electron chi connectivity index (χ1n) is 3.82. The average molecular weight is 194 g/mol. The van der Waals surface area contributed by atoms with Gasteiger partial charge >= 0.3 is 73.0 Å². The molecule has 65 valence electrons. The Hall–Kier alpha value is -0.286. The van der Waals surface area contributed by atoms with Gasteiger partial charge in [-0.25, -0.2) is 0 Å². The summed E-state index contributed by atoms with van der Waals surface area (Å²) in [5, 5.41) is 2.46. The Kier molecular flexibility index (Phi) is 3.65. The van der Waals surface area contributed by atoms with Crippen LogP contribution in [0.3, 0.4) is 0 Å². The average Bonchev–Trinajstić information content (AvgIpc) is 2.52. The molecule has 0 bridgehead atoms. The summed E-state index contributed by atoms with van der Waals surface area (Å²) in [4.78, 5) is 0.706. The summed E-state index contributed by atoms with van der Waals surface area (Å²) in [5.41, 5.74) is 0. The van der Waals surface area contributed by atoms with Gasteiger partial charge in [-0.1, -0.05) is 0 Å². The van der Waals surface area contributed by atoms with Gasteiger partial charge in [0.2, 0.25) is 0 Å². The van der Waals surface area contributed by atoms with E-state index in [2.05, 4.69) is 37.8 Å². The van der Waals surface area contributed by atoms with Crippen LogP contribution in [0.5, 0.6) is 0 Å². The molecule has 0 N–H and O–H groups in total. The van der Waals surface area contributed by atoms with Crippen molar-refractivity contribution in [2.24, 2.45) is 0 Å². The Bertz CT molecular complexity index is 167. The SMILES string of the molecule is C=C[CH2][Ni]([CH2]C)[CH]1C=CC=C1. The summed E-state index contributed by atoms with van der Waals surface area (Å²) in [6, 6.07) is 0. The molecule has 0 radical (unpaired) electrons. The maximum atomic E-state index is 3.78.